The summed E-state index contributed by atoms with van der Waals surface area (Å²) in [5, 5.41) is 0. The van der Waals surface area contributed by atoms with Gasteiger partial charge >= 0.3 is 24.4 Å². The van der Waals surface area contributed by atoms with Gasteiger partial charge < -0.3 is 4.79 Å². The summed E-state index contributed by atoms with van der Waals surface area (Å²) in [6, 6.07) is 0. The van der Waals surface area contributed by atoms with Crippen LogP contribution in [0.5, 0.6) is 0 Å². The van der Waals surface area contributed by atoms with E-state index in [1.165, 1.54) is 6.08 Å². The van der Waals surface area contributed by atoms with Crippen LogP contribution in [0.15, 0.2) is 12.2 Å². The molecule has 0 aromatic carbocycles. The van der Waals surface area contributed by atoms with Crippen LogP contribution in [-0.4, -0.2) is 34.5 Å². The average Bonchev–Trinajstić information content (AvgIpc) is 1.85. The fraction of sp³-hybridized carbons (Fsp3) is 0.571. The Morgan fingerprint density at radius 3 is 2.17 bits per heavy atom. The summed E-state index contributed by atoms with van der Waals surface area (Å²) in [5.41, 5.74) is 0. The van der Waals surface area contributed by atoms with Crippen molar-refractivity contribution in [2.24, 2.45) is 0 Å². The monoisotopic (exact) mass is 338 g/mol. The summed E-state index contributed by atoms with van der Waals surface area (Å²) < 4.78 is -1.30. The maximum absolute atomic E-state index is 9.86. The molecule has 0 atom stereocenters. The summed E-state index contributed by atoms with van der Waals surface area (Å²) in [7, 11) is 0. The molecule has 0 aromatic heterocycles. The number of halogens is 3. The fourth-order valence-corrected chi connectivity index (χ4v) is 0.803. The van der Waals surface area contributed by atoms with E-state index in [2.05, 4.69) is 0 Å². The first-order chi connectivity index (χ1) is 5.06. The van der Waals surface area contributed by atoms with Gasteiger partial charge in [0.15, 0.2) is 0 Å². The third-order valence-electron chi connectivity index (χ3n) is 1.000. The van der Waals surface area contributed by atoms with Crippen molar-refractivity contribution in [3.63, 3.8) is 0 Å². The van der Waals surface area contributed by atoms with E-state index in [0.29, 0.717) is 6.42 Å². The van der Waals surface area contributed by atoms with Gasteiger partial charge in [0, 0.05) is 6.42 Å². The third kappa shape index (κ3) is 13.7. The molecule has 0 radical (unpaired) electrons. The van der Waals surface area contributed by atoms with Gasteiger partial charge in [-0.05, 0) is 18.9 Å². The molecule has 0 saturated heterocycles. The number of rotatable bonds is 4. The summed E-state index contributed by atoms with van der Waals surface area (Å²) in [6.45, 7) is 0. The summed E-state index contributed by atoms with van der Waals surface area (Å²) in [6.07, 6.45) is 6.26. The van der Waals surface area contributed by atoms with E-state index < -0.39 is 3.79 Å². The summed E-state index contributed by atoms with van der Waals surface area (Å²) in [5.74, 6) is 0. The predicted molar refractivity (Wildman–Crippen MR) is 59.3 cm³/mol. The zero-order chi connectivity index (χ0) is 8.74. The molecule has 1 nitrogen and oxygen atoms in total. The second kappa shape index (κ2) is 8.69. The molecule has 0 bridgehead atoms. The molecule has 0 N–H and O–H groups in total. The van der Waals surface area contributed by atoms with E-state index in [4.69, 9.17) is 34.8 Å². The van der Waals surface area contributed by atoms with Crippen molar-refractivity contribution in [3.05, 3.63) is 12.2 Å². The van der Waals surface area contributed by atoms with Crippen LogP contribution in [0.25, 0.3) is 0 Å². The first-order valence-corrected chi connectivity index (χ1v) is 4.38. The maximum atomic E-state index is 9.86. The van der Waals surface area contributed by atoms with E-state index in [1.54, 1.807) is 6.08 Å². The zero-order valence-electron chi connectivity index (χ0n) is 6.60. The average molecular weight is 340 g/mol. The molecule has 0 aliphatic carbocycles. The molecule has 12 heavy (non-hydrogen) atoms. The second-order valence-electron chi connectivity index (χ2n) is 2.04. The number of carbonyl (C=O) groups is 1. The van der Waals surface area contributed by atoms with Crippen molar-refractivity contribution in [2.75, 3.05) is 0 Å². The van der Waals surface area contributed by atoms with Crippen LogP contribution >= 0.6 is 34.8 Å². The molecule has 0 aliphatic rings. The van der Waals surface area contributed by atoms with E-state index in [9.17, 15) is 4.79 Å². The standard InChI is InChI=1S/C7H9Cl3O.Sb.3H/c8-7(9,10)5-3-1-2-4-6-11;;;;/h3,5-6H,1-2,4H2;;;;. The minimum absolute atomic E-state index is 0. The topological polar surface area (TPSA) is 17.1 Å². The number of hydrogen-bond donors (Lipinski definition) is 0. The molecule has 0 aromatic rings. The Kier molecular flexibility index (Phi) is 11.3. The van der Waals surface area contributed by atoms with Gasteiger partial charge in [-0.25, -0.2) is 0 Å². The van der Waals surface area contributed by atoms with Crippen molar-refractivity contribution in [2.45, 2.75) is 23.1 Å². The van der Waals surface area contributed by atoms with E-state index >= 15 is 0 Å². The molecule has 0 unspecified atom stereocenters. The Bertz CT molecular complexity index is 142. The van der Waals surface area contributed by atoms with Crippen molar-refractivity contribution < 1.29 is 4.79 Å². The Hall–Kier alpha value is 1.10. The molecular weight excluding hydrogens is 328 g/mol. The molecule has 0 aliphatic heterocycles. The quantitative estimate of drug-likeness (QED) is 0.252. The van der Waals surface area contributed by atoms with Crippen molar-refractivity contribution in [3.8, 4) is 0 Å². The zero-order valence-corrected chi connectivity index (χ0v) is 12.9. The molecule has 0 rings (SSSR count). The van der Waals surface area contributed by atoms with Gasteiger partial charge in [0.1, 0.15) is 6.29 Å². The normalized spacial score (nSPS) is 11.2. The molecule has 0 heterocycles. The number of carbonyl (C=O) groups excluding carboxylic acids is 1. The third-order valence-corrected chi connectivity index (χ3v) is 1.38. The minimum atomic E-state index is -1.30. The van der Waals surface area contributed by atoms with Crippen LogP contribution < -0.4 is 0 Å². The van der Waals surface area contributed by atoms with Gasteiger partial charge in [-0.3, -0.25) is 0 Å². The van der Waals surface area contributed by atoms with Crippen LogP contribution in [-0.2, 0) is 4.79 Å². The Morgan fingerprint density at radius 1 is 1.17 bits per heavy atom. The number of unbranched alkanes of at least 4 members (excludes halogenated alkanes) is 2. The number of allylic oxidation sites excluding steroid dienone is 2. The Labute approximate surface area is 105 Å². The SMILES string of the molecule is O=CCCCC=CC(Cl)(Cl)Cl.[SbH3]. The van der Waals surface area contributed by atoms with Crippen molar-refractivity contribution >= 4 is 65.5 Å². The number of aldehydes is 1. The van der Waals surface area contributed by atoms with Gasteiger partial charge in [0.25, 0.3) is 0 Å². The summed E-state index contributed by atoms with van der Waals surface area (Å²) >= 11 is 16.3. The summed E-state index contributed by atoms with van der Waals surface area (Å²) in [4.78, 5) is 9.86. The van der Waals surface area contributed by atoms with Gasteiger partial charge in [0.2, 0.25) is 3.79 Å². The van der Waals surface area contributed by atoms with Crippen LogP contribution in [0.4, 0.5) is 0 Å². The molecule has 0 amide bonds. The van der Waals surface area contributed by atoms with Crippen LogP contribution in [0.3, 0.4) is 0 Å². The molecule has 0 fully saturated rings. The van der Waals surface area contributed by atoms with E-state index in [-0.39, 0.29) is 24.4 Å². The molecule has 0 spiro atoms. The van der Waals surface area contributed by atoms with Gasteiger partial charge in [0.05, 0.1) is 0 Å². The second-order valence-corrected chi connectivity index (χ2v) is 4.41. The van der Waals surface area contributed by atoms with Gasteiger partial charge in [-0.15, -0.1) is 0 Å². The van der Waals surface area contributed by atoms with Crippen LogP contribution in [0, 0.1) is 0 Å². The van der Waals surface area contributed by atoms with Crippen molar-refractivity contribution in [1.29, 1.82) is 0 Å². The van der Waals surface area contributed by atoms with Gasteiger partial charge in [-0.1, -0.05) is 40.9 Å². The van der Waals surface area contributed by atoms with Crippen LogP contribution in [0.2, 0.25) is 0 Å². The van der Waals surface area contributed by atoms with E-state index in [1.807, 2.05) is 0 Å². The molecular formula is C7H12Cl3OSb. The fourth-order valence-electron chi connectivity index (χ4n) is 0.536. The predicted octanol–water partition coefficient (Wildman–Crippen LogP) is 2.10. The number of hydrogen-bond acceptors (Lipinski definition) is 1. The Balaban J connectivity index is 0. The molecule has 0 saturated carbocycles. The van der Waals surface area contributed by atoms with Crippen LogP contribution in [0.1, 0.15) is 19.3 Å². The molecule has 72 valence electrons. The first-order valence-electron chi connectivity index (χ1n) is 3.24. The Morgan fingerprint density at radius 2 is 1.75 bits per heavy atom. The van der Waals surface area contributed by atoms with Gasteiger partial charge in [-0.2, -0.15) is 0 Å². The van der Waals surface area contributed by atoms with Crippen molar-refractivity contribution in [1.82, 2.24) is 0 Å². The molecule has 5 heteroatoms. The van der Waals surface area contributed by atoms with E-state index in [0.717, 1.165) is 19.1 Å². The number of alkyl halides is 3. The first kappa shape index (κ1) is 15.6.